The molecule has 0 fully saturated rings. The van der Waals surface area contributed by atoms with E-state index in [1.54, 1.807) is 46.9 Å². The molecule has 0 radical (unpaired) electrons. The lowest BCUT2D eigenvalue weighted by atomic mass is 9.99. The fraction of sp³-hybridized carbons (Fsp3) is 0.367. The minimum atomic E-state index is -0.173. The van der Waals surface area contributed by atoms with Crippen LogP contribution in [0.4, 0.5) is 0 Å². The molecule has 15 rings (SSSR count). The number of fused-ring (bicyclic) bond motifs is 4. The van der Waals surface area contributed by atoms with Crippen LogP contribution in [0.2, 0.25) is 0 Å². The predicted octanol–water partition coefficient (Wildman–Crippen LogP) is 33.6. The molecule has 4 nitrogen and oxygen atoms in total. The summed E-state index contributed by atoms with van der Waals surface area (Å²) >= 11 is 19.3. The van der Waals surface area contributed by atoms with E-state index in [1.807, 2.05) is 127 Å². The lowest BCUT2D eigenvalue weighted by Crippen LogP contribution is -1.99. The molecule has 0 spiro atoms. The highest BCUT2D eigenvalue weighted by Gasteiger charge is 2.35. The first-order chi connectivity index (χ1) is 54.9. The summed E-state index contributed by atoms with van der Waals surface area (Å²) in [5.74, 6) is -0.692. The van der Waals surface area contributed by atoms with Crippen molar-refractivity contribution in [1.82, 2.24) is 0 Å². The van der Waals surface area contributed by atoms with Crippen molar-refractivity contribution in [2.24, 2.45) is 0 Å². The van der Waals surface area contributed by atoms with E-state index < -0.39 is 0 Å². The minimum absolute atomic E-state index is 0.173. The molecule has 0 saturated heterocycles. The van der Waals surface area contributed by atoms with E-state index in [0.29, 0.717) is 22.3 Å². The Balaban J connectivity index is 0.846. The Morgan fingerprint density at radius 3 is 0.857 bits per heavy atom. The number of carbonyl (C=O) groups excluding carboxylic acids is 4. The second-order valence-electron chi connectivity index (χ2n) is 30.6. The van der Waals surface area contributed by atoms with Crippen molar-refractivity contribution in [2.75, 3.05) is 0 Å². The van der Waals surface area contributed by atoms with Crippen LogP contribution in [0.25, 0.3) is 112 Å². The maximum Gasteiger partial charge on any atom is 0.197 e. The van der Waals surface area contributed by atoms with Gasteiger partial charge in [0.25, 0.3) is 0 Å². The molecule has 578 valence electrons. The van der Waals surface area contributed by atoms with Gasteiger partial charge in [-0.1, -0.05) is 206 Å². The third kappa shape index (κ3) is 17.7. The van der Waals surface area contributed by atoms with E-state index in [-0.39, 0.29) is 34.3 Å². The zero-order valence-corrected chi connectivity index (χ0v) is 74.0. The number of carbonyl (C=O) groups is 4. The Labute approximate surface area is 703 Å². The van der Waals surface area contributed by atoms with E-state index in [1.165, 1.54) is 260 Å². The second-order valence-corrected chi connectivity index (χ2v) is 41.5. The van der Waals surface area contributed by atoms with Crippen molar-refractivity contribution in [3.8, 4) is 79.4 Å². The number of thiophene rings is 10. The molecule has 0 amide bonds. The van der Waals surface area contributed by atoms with Crippen LogP contribution in [0.1, 0.15) is 279 Å². The summed E-state index contributed by atoms with van der Waals surface area (Å²) in [5, 5.41) is 2.73. The van der Waals surface area contributed by atoms with Gasteiger partial charge < -0.3 is 0 Å². The quantitative estimate of drug-likeness (QED) is 0.0218. The Morgan fingerprint density at radius 2 is 0.536 bits per heavy atom. The van der Waals surface area contributed by atoms with Crippen LogP contribution in [0.15, 0.2) is 145 Å². The number of Topliss-reactive ketones (excluding diaryl/α,β-unsaturated/α-hetero) is 4. The predicted molar refractivity (Wildman–Crippen MR) is 497 cm³/mol. The monoisotopic (exact) mass is 1660 g/mol. The molecule has 10 aromatic heterocycles. The van der Waals surface area contributed by atoms with E-state index >= 15 is 0 Å². The van der Waals surface area contributed by atoms with Gasteiger partial charge in [-0.2, -0.15) is 0 Å². The van der Waals surface area contributed by atoms with Crippen LogP contribution in [0.5, 0.6) is 0 Å². The zero-order chi connectivity index (χ0) is 77.2. The largest absolute Gasteiger partial charge is 0.288 e. The van der Waals surface area contributed by atoms with E-state index in [9.17, 15) is 19.2 Å². The van der Waals surface area contributed by atoms with Crippen LogP contribution < -0.4 is 0 Å². The fourth-order valence-corrected chi connectivity index (χ4v) is 28.5. The number of hydrogen-bond acceptors (Lipinski definition) is 14. The number of ketones is 4. The maximum absolute atomic E-state index is 13.8. The molecule has 0 unspecified atom stereocenters. The number of aryl methyl sites for hydroxylation is 6. The highest BCUT2D eigenvalue weighted by Crippen LogP contribution is 2.57. The average Bonchev–Trinajstić information content (AvgIpc) is 1.57. The summed E-state index contributed by atoms with van der Waals surface area (Å²) in [6.45, 7) is 13.8. The van der Waals surface area contributed by atoms with Gasteiger partial charge in [0, 0.05) is 141 Å². The van der Waals surface area contributed by atoms with Gasteiger partial charge in [-0.25, -0.2) is 0 Å². The number of allylic oxidation sites excluding steroid dienone is 2. The van der Waals surface area contributed by atoms with Gasteiger partial charge in [-0.15, -0.1) is 113 Å². The number of hydrogen-bond donors (Lipinski definition) is 0. The second kappa shape index (κ2) is 38.0. The van der Waals surface area contributed by atoms with Crippen LogP contribution >= 0.6 is 113 Å². The third-order valence-corrected chi connectivity index (χ3v) is 34.8. The van der Waals surface area contributed by atoms with Crippen LogP contribution in [-0.2, 0) is 38.5 Å². The molecule has 0 aliphatic heterocycles. The van der Waals surface area contributed by atoms with Crippen molar-refractivity contribution in [1.29, 1.82) is 0 Å². The zero-order valence-electron chi connectivity index (χ0n) is 65.8. The Kier molecular flexibility index (Phi) is 27.3. The first kappa shape index (κ1) is 80.5. The summed E-state index contributed by atoms with van der Waals surface area (Å²) in [6.07, 6.45) is 38.8. The normalized spacial score (nSPS) is 12.9. The van der Waals surface area contributed by atoms with Gasteiger partial charge in [0.15, 0.2) is 23.1 Å². The highest BCUT2D eigenvalue weighted by molar-refractivity contribution is 7.32. The third-order valence-electron chi connectivity index (χ3n) is 22.3. The lowest BCUT2D eigenvalue weighted by molar-refractivity contribution is 0.0975. The summed E-state index contributed by atoms with van der Waals surface area (Å²) in [6, 6.07) is 48.7. The maximum atomic E-state index is 13.8. The van der Waals surface area contributed by atoms with Gasteiger partial charge in [0.05, 0.1) is 11.1 Å². The molecule has 112 heavy (non-hydrogen) atoms. The molecule has 13 aromatic rings. The van der Waals surface area contributed by atoms with Crippen molar-refractivity contribution in [2.45, 2.75) is 234 Å². The molecule has 10 heterocycles. The van der Waals surface area contributed by atoms with Gasteiger partial charge in [-0.05, 0) is 196 Å². The number of unbranched alkanes of at least 4 members (excludes halogenated alkanes) is 18. The first-order valence-corrected chi connectivity index (χ1v) is 49.8. The van der Waals surface area contributed by atoms with E-state index in [0.717, 1.165) is 74.0 Å². The SMILES string of the molecule is CCCCCCc1ccc(-c2c3cc(-c4cc(CCCCCC)c(-c5ccc(-c6sc(C=C7C(=O)c8ccccc8C7=O)cc6CCCCCC)s5)s4)sc3c(-c3ccc(CCCCCC)s3)c3cc(-c4cc(CCCCCC)c(-c5ccc(-c6sc(C=C7C(=O)c8ccccc8C7=O)cc6CCCCCC)s5)s4)sc23)s1. The van der Waals surface area contributed by atoms with Gasteiger partial charge >= 0.3 is 0 Å². The average molecular weight is 1660 g/mol. The number of rotatable bonds is 40. The Hall–Kier alpha value is -6.66. The molecular formula is C98H102O4S10. The summed E-state index contributed by atoms with van der Waals surface area (Å²) < 4.78 is 2.77. The molecule has 3 aromatic carbocycles. The lowest BCUT2D eigenvalue weighted by Gasteiger charge is -2.09. The Bertz CT molecular complexity index is 5110. The molecule has 2 aliphatic carbocycles. The van der Waals surface area contributed by atoms with Crippen molar-refractivity contribution in [3.63, 3.8) is 0 Å². The molecule has 0 bridgehead atoms. The van der Waals surface area contributed by atoms with Crippen LogP contribution in [0.3, 0.4) is 0 Å². The fourth-order valence-electron chi connectivity index (χ4n) is 16.2. The summed E-state index contributed by atoms with van der Waals surface area (Å²) in [5.41, 5.74) is 10.8. The van der Waals surface area contributed by atoms with Crippen LogP contribution in [-0.4, -0.2) is 23.1 Å². The smallest absolute Gasteiger partial charge is 0.197 e. The Morgan fingerprint density at radius 1 is 0.250 bits per heavy atom. The van der Waals surface area contributed by atoms with Gasteiger partial charge in [-0.3, -0.25) is 19.2 Å². The van der Waals surface area contributed by atoms with Crippen molar-refractivity contribution < 1.29 is 19.2 Å². The molecule has 14 heteroatoms. The topological polar surface area (TPSA) is 68.3 Å². The van der Waals surface area contributed by atoms with Crippen molar-refractivity contribution in [3.05, 3.63) is 209 Å². The standard InChI is InChI=1S/C98H102O4S10/c1-7-13-19-25-35-61-53-67(57-75-89(99)69-41-31-32-42-70(69)90(75)100)105-93(61)79-49-51-81(107-79)95-63(37-27-21-15-9-3)55-83(109-95)85-59-73-87(77-47-45-65(103-77)39-29-23-17-11-5)98-74(88(97(73)111-85)78-48-46-66(104-78)40-30-24-18-12-6)60-86(112-98)84-56-64(38-28-22-16-10-4)96(110-84)82-52-50-80(108-82)94-62(36-26-20-14-8-2)54-68(106-94)58-76-91(101)71-43-33-34-44-72(71)92(76)102/h31-34,41-60H,7-30,35-40H2,1-6H3. The minimum Gasteiger partial charge on any atom is -0.288 e. The molecule has 0 atom stereocenters. The van der Waals surface area contributed by atoms with E-state index in [2.05, 4.69) is 126 Å². The van der Waals surface area contributed by atoms with Gasteiger partial charge in [0.1, 0.15) is 0 Å². The van der Waals surface area contributed by atoms with Gasteiger partial charge in [0.2, 0.25) is 0 Å². The number of benzene rings is 3. The summed E-state index contributed by atoms with van der Waals surface area (Å²) in [4.78, 5) is 78.4. The van der Waals surface area contributed by atoms with Crippen LogP contribution in [0, 0.1) is 0 Å². The molecule has 0 saturated carbocycles. The highest BCUT2D eigenvalue weighted by atomic mass is 32.1. The first-order valence-electron chi connectivity index (χ1n) is 41.7. The molecular weight excluding hydrogens is 1560 g/mol. The van der Waals surface area contributed by atoms with E-state index in [4.69, 9.17) is 0 Å². The molecule has 2 aliphatic rings. The summed E-state index contributed by atoms with van der Waals surface area (Å²) in [7, 11) is 0. The molecule has 0 N–H and O–H groups in total. The van der Waals surface area contributed by atoms with Crippen molar-refractivity contribution >= 4 is 169 Å².